The number of carbonyl (C=O) groups is 1. The molecule has 1 aliphatic rings. The fourth-order valence-electron chi connectivity index (χ4n) is 3.85. The first-order valence-electron chi connectivity index (χ1n) is 8.34. The minimum Gasteiger partial charge on any atom is -0.496 e. The third-order valence-electron chi connectivity index (χ3n) is 5.22. The Labute approximate surface area is 137 Å². The van der Waals surface area contributed by atoms with Crippen LogP contribution in [0.25, 0.3) is 10.9 Å². The van der Waals surface area contributed by atoms with Crippen LogP contribution in [0.3, 0.4) is 0 Å². The van der Waals surface area contributed by atoms with Gasteiger partial charge in [-0.05, 0) is 31.9 Å². The van der Waals surface area contributed by atoms with Gasteiger partial charge in [0.05, 0.1) is 30.7 Å². The second kappa shape index (κ2) is 6.26. The molecular formula is C19H25NO3. The standard InChI is InChI=1S/C19H25NO3/c1-12-16(19(21)13-8-6-5-7-9-13)17-14(22-3)10-11-15(23-4)18(17)20(12)2/h10-11,13H,5-9H2,1-4H3. The van der Waals surface area contributed by atoms with Gasteiger partial charge in [-0.25, -0.2) is 0 Å². The van der Waals surface area contributed by atoms with E-state index in [0.29, 0.717) is 0 Å². The van der Waals surface area contributed by atoms with Gasteiger partial charge in [0, 0.05) is 18.7 Å². The van der Waals surface area contributed by atoms with Crippen molar-refractivity contribution in [3.8, 4) is 11.5 Å². The average molecular weight is 315 g/mol. The number of fused-ring (bicyclic) bond motifs is 1. The smallest absolute Gasteiger partial charge is 0.168 e. The number of carbonyl (C=O) groups excluding carboxylic acids is 1. The molecule has 23 heavy (non-hydrogen) atoms. The van der Waals surface area contributed by atoms with E-state index in [1.807, 2.05) is 30.7 Å². The Bertz CT molecular complexity index is 739. The summed E-state index contributed by atoms with van der Waals surface area (Å²) in [6.45, 7) is 2.01. The number of aromatic nitrogens is 1. The molecule has 1 aromatic heterocycles. The van der Waals surface area contributed by atoms with Gasteiger partial charge in [0.15, 0.2) is 5.78 Å². The van der Waals surface area contributed by atoms with Gasteiger partial charge in [-0.1, -0.05) is 19.3 Å². The molecule has 1 fully saturated rings. The van der Waals surface area contributed by atoms with Gasteiger partial charge in [0.2, 0.25) is 0 Å². The summed E-state index contributed by atoms with van der Waals surface area (Å²) in [5, 5.41) is 0.891. The third-order valence-corrected chi connectivity index (χ3v) is 5.22. The maximum atomic E-state index is 13.2. The van der Waals surface area contributed by atoms with E-state index >= 15 is 0 Å². The summed E-state index contributed by atoms with van der Waals surface area (Å²) in [4.78, 5) is 13.2. The fourth-order valence-corrected chi connectivity index (χ4v) is 3.85. The van der Waals surface area contributed by atoms with E-state index in [2.05, 4.69) is 0 Å². The van der Waals surface area contributed by atoms with E-state index in [4.69, 9.17) is 9.47 Å². The Kier molecular flexibility index (Phi) is 4.33. The highest BCUT2D eigenvalue weighted by Gasteiger charge is 2.29. The summed E-state index contributed by atoms with van der Waals surface area (Å²) < 4.78 is 13.1. The van der Waals surface area contributed by atoms with Crippen LogP contribution < -0.4 is 9.47 Å². The molecule has 0 spiro atoms. The van der Waals surface area contributed by atoms with E-state index in [-0.39, 0.29) is 11.7 Å². The monoisotopic (exact) mass is 315 g/mol. The van der Waals surface area contributed by atoms with Crippen LogP contribution in [0, 0.1) is 12.8 Å². The molecular weight excluding hydrogens is 290 g/mol. The van der Waals surface area contributed by atoms with Crippen molar-refractivity contribution in [2.45, 2.75) is 39.0 Å². The third kappa shape index (κ3) is 2.50. The molecule has 0 atom stereocenters. The van der Waals surface area contributed by atoms with Crippen LogP contribution in [-0.4, -0.2) is 24.6 Å². The lowest BCUT2D eigenvalue weighted by molar-refractivity contribution is 0.0890. The Balaban J connectivity index is 2.23. The Hall–Kier alpha value is -1.97. The molecule has 0 saturated heterocycles. The Morgan fingerprint density at radius 3 is 2.30 bits per heavy atom. The van der Waals surface area contributed by atoms with Gasteiger partial charge in [0.25, 0.3) is 0 Å². The summed E-state index contributed by atoms with van der Waals surface area (Å²) in [5.74, 6) is 1.92. The van der Waals surface area contributed by atoms with Crippen molar-refractivity contribution in [2.24, 2.45) is 13.0 Å². The van der Waals surface area contributed by atoms with Crippen molar-refractivity contribution in [2.75, 3.05) is 14.2 Å². The SMILES string of the molecule is COc1ccc(OC)c2c1c(C(=O)C1CCCCC1)c(C)n2C. The van der Waals surface area contributed by atoms with Crippen LogP contribution in [0.2, 0.25) is 0 Å². The molecule has 0 bridgehead atoms. The van der Waals surface area contributed by atoms with Crippen LogP contribution in [0.5, 0.6) is 11.5 Å². The topological polar surface area (TPSA) is 40.5 Å². The highest BCUT2D eigenvalue weighted by molar-refractivity contribution is 6.13. The average Bonchev–Trinajstić information content (AvgIpc) is 2.86. The molecule has 0 unspecified atom stereocenters. The minimum absolute atomic E-state index is 0.143. The highest BCUT2D eigenvalue weighted by atomic mass is 16.5. The molecule has 4 nitrogen and oxygen atoms in total. The first-order chi connectivity index (χ1) is 11.1. The molecule has 3 rings (SSSR count). The van der Waals surface area contributed by atoms with E-state index in [0.717, 1.165) is 59.3 Å². The number of ether oxygens (including phenoxy) is 2. The summed E-state index contributed by atoms with van der Waals surface area (Å²) in [6, 6.07) is 3.79. The second-order valence-corrected chi connectivity index (χ2v) is 6.41. The van der Waals surface area contributed by atoms with Gasteiger partial charge >= 0.3 is 0 Å². The molecule has 0 amide bonds. The molecule has 124 valence electrons. The van der Waals surface area contributed by atoms with E-state index in [1.165, 1.54) is 6.42 Å². The fraction of sp³-hybridized carbons (Fsp3) is 0.526. The molecule has 1 aliphatic carbocycles. The number of methoxy groups -OCH3 is 2. The van der Waals surface area contributed by atoms with Crippen molar-refractivity contribution < 1.29 is 14.3 Å². The zero-order chi connectivity index (χ0) is 16.6. The van der Waals surface area contributed by atoms with Crippen LogP contribution in [0.4, 0.5) is 0 Å². The van der Waals surface area contributed by atoms with Gasteiger partial charge in [-0.2, -0.15) is 0 Å². The number of Topliss-reactive ketones (excluding diaryl/α,β-unsaturated/α-hetero) is 1. The molecule has 0 radical (unpaired) electrons. The Morgan fingerprint density at radius 1 is 1.09 bits per heavy atom. The first kappa shape index (κ1) is 15.9. The summed E-state index contributed by atoms with van der Waals surface area (Å²) in [5.41, 5.74) is 2.73. The lowest BCUT2D eigenvalue weighted by Crippen LogP contribution is -2.18. The predicted octanol–water partition coefficient (Wildman–Crippen LogP) is 4.27. The maximum absolute atomic E-state index is 13.2. The largest absolute Gasteiger partial charge is 0.496 e. The van der Waals surface area contributed by atoms with Gasteiger partial charge in [0.1, 0.15) is 11.5 Å². The van der Waals surface area contributed by atoms with Crippen LogP contribution in [-0.2, 0) is 7.05 Å². The summed E-state index contributed by atoms with van der Waals surface area (Å²) in [7, 11) is 5.29. The number of aryl methyl sites for hydroxylation is 1. The quantitative estimate of drug-likeness (QED) is 0.791. The lowest BCUT2D eigenvalue weighted by Gasteiger charge is -2.20. The van der Waals surface area contributed by atoms with E-state index < -0.39 is 0 Å². The predicted molar refractivity (Wildman–Crippen MR) is 91.7 cm³/mol. The normalized spacial score (nSPS) is 15.8. The van der Waals surface area contributed by atoms with Gasteiger partial charge in [-0.3, -0.25) is 4.79 Å². The molecule has 1 saturated carbocycles. The lowest BCUT2D eigenvalue weighted by atomic mass is 9.83. The van der Waals surface area contributed by atoms with Crippen LogP contribution in [0.15, 0.2) is 12.1 Å². The Morgan fingerprint density at radius 2 is 1.70 bits per heavy atom. The molecule has 0 N–H and O–H groups in total. The number of nitrogens with zero attached hydrogens (tertiary/aromatic N) is 1. The maximum Gasteiger partial charge on any atom is 0.168 e. The number of benzene rings is 1. The van der Waals surface area contributed by atoms with Gasteiger partial charge in [-0.15, -0.1) is 0 Å². The molecule has 0 aliphatic heterocycles. The molecule has 4 heteroatoms. The number of ketones is 1. The number of hydrogen-bond acceptors (Lipinski definition) is 3. The second-order valence-electron chi connectivity index (χ2n) is 6.41. The number of hydrogen-bond donors (Lipinski definition) is 0. The summed E-state index contributed by atoms with van der Waals surface area (Å²) in [6.07, 6.45) is 5.55. The first-order valence-corrected chi connectivity index (χ1v) is 8.34. The molecule has 1 aromatic carbocycles. The van der Waals surface area contributed by atoms with Crippen LogP contribution >= 0.6 is 0 Å². The van der Waals surface area contributed by atoms with Crippen molar-refractivity contribution in [3.05, 3.63) is 23.4 Å². The zero-order valence-corrected chi connectivity index (χ0v) is 14.4. The molecule has 1 heterocycles. The van der Waals surface area contributed by atoms with E-state index in [9.17, 15) is 4.79 Å². The summed E-state index contributed by atoms with van der Waals surface area (Å²) >= 11 is 0. The van der Waals surface area contributed by atoms with Gasteiger partial charge < -0.3 is 14.0 Å². The van der Waals surface area contributed by atoms with Crippen molar-refractivity contribution in [1.29, 1.82) is 0 Å². The number of rotatable bonds is 4. The van der Waals surface area contributed by atoms with Crippen molar-refractivity contribution >= 4 is 16.7 Å². The molecule has 2 aromatic rings. The van der Waals surface area contributed by atoms with Crippen LogP contribution in [0.1, 0.15) is 48.2 Å². The van der Waals surface area contributed by atoms with Crippen molar-refractivity contribution in [3.63, 3.8) is 0 Å². The highest BCUT2D eigenvalue weighted by Crippen LogP contribution is 2.40. The van der Waals surface area contributed by atoms with Crippen molar-refractivity contribution in [1.82, 2.24) is 4.57 Å². The zero-order valence-electron chi connectivity index (χ0n) is 14.4. The minimum atomic E-state index is 0.143. The van der Waals surface area contributed by atoms with E-state index in [1.54, 1.807) is 14.2 Å².